The number of hydrogen-bond donors (Lipinski definition) is 4. The Morgan fingerprint density at radius 3 is 2.30 bits per heavy atom. The third kappa shape index (κ3) is 12.0. The van der Waals surface area contributed by atoms with Crippen molar-refractivity contribution in [3.8, 4) is 11.1 Å². The molecule has 3 fully saturated rings. The van der Waals surface area contributed by atoms with E-state index in [0.717, 1.165) is 71.9 Å². The van der Waals surface area contributed by atoms with Crippen molar-refractivity contribution in [1.29, 1.82) is 0 Å². The Hall–Kier alpha value is -4.09. The molecule has 2 saturated heterocycles. The molecule has 2 heterocycles. The minimum atomic E-state index is -0.609. The summed E-state index contributed by atoms with van der Waals surface area (Å²) in [5, 5.41) is 18.9. The second-order valence-corrected chi connectivity index (χ2v) is 17.3. The van der Waals surface area contributed by atoms with Gasteiger partial charge in [0.2, 0.25) is 17.7 Å². The maximum atomic E-state index is 13.8. The summed E-state index contributed by atoms with van der Waals surface area (Å²) in [5.74, 6) is 0.701. The van der Waals surface area contributed by atoms with Crippen LogP contribution in [0.5, 0.6) is 0 Å². The highest BCUT2D eigenvalue weighted by atomic mass is 16.7. The number of ether oxygens (including phenoxy) is 2. The Balaban J connectivity index is 1.17. The number of aliphatic hydroxyl groups is 1. The van der Waals surface area contributed by atoms with Crippen LogP contribution in [0.1, 0.15) is 133 Å². The third-order valence-corrected chi connectivity index (χ3v) is 11.8. The van der Waals surface area contributed by atoms with E-state index in [1.165, 1.54) is 26.2 Å². The molecule has 2 aliphatic heterocycles. The summed E-state index contributed by atoms with van der Waals surface area (Å²) in [6.07, 6.45) is 9.35. The average Bonchev–Trinajstić information content (AvgIpc) is 3.20. The molecule has 6 atom stereocenters. The molecule has 4 N–H and O–H groups in total. The summed E-state index contributed by atoms with van der Waals surface area (Å²) in [6.45, 7) is 9.37. The lowest BCUT2D eigenvalue weighted by Gasteiger charge is -2.50. The van der Waals surface area contributed by atoms with E-state index in [0.29, 0.717) is 44.4 Å². The van der Waals surface area contributed by atoms with E-state index in [2.05, 4.69) is 51.2 Å². The van der Waals surface area contributed by atoms with Crippen molar-refractivity contribution < 1.29 is 29.0 Å². The van der Waals surface area contributed by atoms with Crippen molar-refractivity contribution in [3.63, 3.8) is 0 Å². The smallest absolute Gasteiger partial charge is 0.237 e. The number of fused-ring (bicyclic) bond motifs is 1. The van der Waals surface area contributed by atoms with E-state index in [4.69, 9.17) is 9.47 Å². The number of nitrogens with one attached hydrogen (secondary N) is 3. The van der Waals surface area contributed by atoms with Gasteiger partial charge in [0.05, 0.1) is 24.9 Å². The lowest BCUT2D eigenvalue weighted by atomic mass is 9.75. The molecule has 0 unspecified atom stereocenters. The minimum Gasteiger partial charge on any atom is -0.392 e. The van der Waals surface area contributed by atoms with Crippen LogP contribution < -0.4 is 16.0 Å². The molecule has 3 aromatic rings. The number of hydrogen-bond acceptors (Lipinski definition) is 7. The van der Waals surface area contributed by atoms with Crippen LogP contribution in [-0.2, 0) is 37.0 Å². The summed E-state index contributed by atoms with van der Waals surface area (Å²) >= 11 is 0. The molecule has 0 aromatic heterocycles. The fourth-order valence-corrected chi connectivity index (χ4v) is 8.91. The molecule has 3 amide bonds. The van der Waals surface area contributed by atoms with Gasteiger partial charge in [0.25, 0.3) is 0 Å². The second-order valence-electron chi connectivity index (χ2n) is 17.3. The van der Waals surface area contributed by atoms with Crippen molar-refractivity contribution in [2.24, 2.45) is 5.92 Å². The maximum Gasteiger partial charge on any atom is 0.237 e. The summed E-state index contributed by atoms with van der Waals surface area (Å²) in [6, 6.07) is 24.6. The van der Waals surface area contributed by atoms with Gasteiger partial charge in [-0.25, -0.2) is 0 Å². The first-order chi connectivity index (χ1) is 27.5. The summed E-state index contributed by atoms with van der Waals surface area (Å²) in [7, 11) is 0. The molecule has 6 rings (SSSR count). The van der Waals surface area contributed by atoms with Crippen molar-refractivity contribution >= 4 is 17.7 Å². The molecule has 0 bridgehead atoms. The van der Waals surface area contributed by atoms with E-state index in [-0.39, 0.29) is 48.1 Å². The first-order valence-corrected chi connectivity index (χ1v) is 21.2. The van der Waals surface area contributed by atoms with E-state index >= 15 is 0 Å². The molecule has 308 valence electrons. The zero-order valence-corrected chi connectivity index (χ0v) is 34.4. The standard InChI is InChI=1S/C47H64N4O6/c1-32(53)48-27-11-5-6-16-44(54)49-29-38-13-7-9-14-40(38)34-21-23-37(24-22-34)46-56-39(28-43(57-46)36-19-17-33(31-52)18-20-36)30-51-41-15-10-8-12-35(41)25-26-42(51)45(55)50-47(2,3)4/h7,9,13-14,17-24,35,39,41-43,46,52H,5-6,8,10-12,15-16,25-31H2,1-4H3,(H,48,53)(H,49,54)(H,50,55)/t35-,39-,41-,42-,43+,46+/m1/s1. The van der Waals surface area contributed by atoms with Gasteiger partial charge in [0.1, 0.15) is 0 Å². The van der Waals surface area contributed by atoms with Crippen LogP contribution in [0.15, 0.2) is 72.8 Å². The highest BCUT2D eigenvalue weighted by Gasteiger charge is 2.44. The zero-order valence-electron chi connectivity index (χ0n) is 34.4. The fourth-order valence-electron chi connectivity index (χ4n) is 8.91. The van der Waals surface area contributed by atoms with Gasteiger partial charge < -0.3 is 30.5 Å². The van der Waals surface area contributed by atoms with Crippen LogP contribution in [0.25, 0.3) is 11.1 Å². The van der Waals surface area contributed by atoms with Crippen molar-refractivity contribution in [3.05, 3.63) is 95.1 Å². The van der Waals surface area contributed by atoms with E-state index in [1.807, 2.05) is 63.2 Å². The van der Waals surface area contributed by atoms with Crippen molar-refractivity contribution in [2.75, 3.05) is 13.1 Å². The van der Waals surface area contributed by atoms with Gasteiger partial charge in [-0.3, -0.25) is 19.3 Å². The Bertz CT molecular complexity index is 1770. The second kappa shape index (κ2) is 20.1. The number of aliphatic hydroxyl groups excluding tert-OH is 1. The normalized spacial score (nSPS) is 23.9. The summed E-state index contributed by atoms with van der Waals surface area (Å²) in [4.78, 5) is 40.1. The van der Waals surface area contributed by atoms with Crippen LogP contribution in [-0.4, -0.2) is 64.5 Å². The molecule has 57 heavy (non-hydrogen) atoms. The van der Waals surface area contributed by atoms with Gasteiger partial charge in [0, 0.05) is 56.5 Å². The van der Waals surface area contributed by atoms with Gasteiger partial charge in [-0.05, 0) is 93.0 Å². The predicted molar refractivity (Wildman–Crippen MR) is 223 cm³/mol. The number of amides is 3. The predicted octanol–water partition coefficient (Wildman–Crippen LogP) is 7.64. The lowest BCUT2D eigenvalue weighted by molar-refractivity contribution is -0.255. The number of unbranched alkanes of at least 4 members (excludes halogenated alkanes) is 2. The Kier molecular flexibility index (Phi) is 15.0. The highest BCUT2D eigenvalue weighted by Crippen LogP contribution is 2.42. The van der Waals surface area contributed by atoms with Crippen LogP contribution in [0.3, 0.4) is 0 Å². The third-order valence-electron chi connectivity index (χ3n) is 11.8. The molecule has 10 heteroatoms. The number of rotatable bonds is 15. The summed E-state index contributed by atoms with van der Waals surface area (Å²) < 4.78 is 13.6. The fraction of sp³-hybridized carbons (Fsp3) is 0.553. The van der Waals surface area contributed by atoms with Gasteiger partial charge in [-0.15, -0.1) is 0 Å². The summed E-state index contributed by atoms with van der Waals surface area (Å²) in [5.41, 5.74) is 5.63. The molecular formula is C47H64N4O6. The largest absolute Gasteiger partial charge is 0.392 e. The number of piperidine rings is 1. The maximum absolute atomic E-state index is 13.8. The molecular weight excluding hydrogens is 717 g/mol. The van der Waals surface area contributed by atoms with Crippen LogP contribution in [0, 0.1) is 5.92 Å². The average molecular weight is 781 g/mol. The molecule has 0 radical (unpaired) electrons. The van der Waals surface area contributed by atoms with Crippen molar-refractivity contribution in [1.82, 2.24) is 20.9 Å². The van der Waals surface area contributed by atoms with Crippen molar-refractivity contribution in [2.45, 2.75) is 148 Å². The van der Waals surface area contributed by atoms with Crippen LogP contribution in [0.4, 0.5) is 0 Å². The van der Waals surface area contributed by atoms with Gasteiger partial charge in [-0.2, -0.15) is 0 Å². The van der Waals surface area contributed by atoms with Gasteiger partial charge in [-0.1, -0.05) is 92.1 Å². The first-order valence-electron chi connectivity index (χ1n) is 21.2. The SMILES string of the molecule is CC(=O)NCCCCCC(=O)NCc1ccccc1-c1ccc([C@H]2O[C@@H](CN3[C@@H](C(=O)NC(C)(C)C)CC[C@H]4CCCC[C@H]43)C[C@@H](c3ccc(CO)cc3)O2)cc1. The molecule has 3 aromatic carbocycles. The first kappa shape index (κ1) is 42.5. The molecule has 0 spiro atoms. The Morgan fingerprint density at radius 1 is 0.825 bits per heavy atom. The highest BCUT2D eigenvalue weighted by molar-refractivity contribution is 5.82. The Morgan fingerprint density at radius 2 is 1.56 bits per heavy atom. The molecule has 1 aliphatic carbocycles. The number of likely N-dealkylation sites (tertiary alicyclic amines) is 1. The van der Waals surface area contributed by atoms with Gasteiger partial charge >= 0.3 is 0 Å². The number of carbonyl (C=O) groups is 3. The quantitative estimate of drug-likeness (QED) is 0.117. The monoisotopic (exact) mass is 780 g/mol. The number of nitrogens with zero attached hydrogens (tertiary/aromatic N) is 1. The minimum absolute atomic E-state index is 0.0142. The van der Waals surface area contributed by atoms with Crippen LogP contribution in [0.2, 0.25) is 0 Å². The van der Waals surface area contributed by atoms with E-state index in [9.17, 15) is 19.5 Å². The molecule has 3 aliphatic rings. The zero-order chi connectivity index (χ0) is 40.4. The van der Waals surface area contributed by atoms with Crippen LogP contribution >= 0.6 is 0 Å². The van der Waals surface area contributed by atoms with E-state index < -0.39 is 6.29 Å². The molecule has 1 saturated carbocycles. The lowest BCUT2D eigenvalue weighted by Crippen LogP contribution is -2.61. The van der Waals surface area contributed by atoms with E-state index in [1.54, 1.807) is 0 Å². The number of carbonyl (C=O) groups excluding carboxylic acids is 3. The topological polar surface area (TPSA) is 129 Å². The molecule has 10 nitrogen and oxygen atoms in total. The number of benzene rings is 3. The van der Waals surface area contributed by atoms with Gasteiger partial charge in [0.15, 0.2) is 6.29 Å². The Labute approximate surface area is 339 Å².